The maximum absolute atomic E-state index is 5.93. The van der Waals surface area contributed by atoms with Crippen molar-refractivity contribution >= 4 is 22.9 Å². The van der Waals surface area contributed by atoms with E-state index in [9.17, 15) is 0 Å². The SMILES string of the molecule is CC(Cl)c1nnc(C2CCCOC2)s1. The summed E-state index contributed by atoms with van der Waals surface area (Å²) < 4.78 is 5.41. The molecule has 1 fully saturated rings. The van der Waals surface area contributed by atoms with Gasteiger partial charge in [-0.25, -0.2) is 0 Å². The topological polar surface area (TPSA) is 35.0 Å². The molecule has 1 aliphatic rings. The molecule has 0 amide bonds. The largest absolute Gasteiger partial charge is 0.381 e. The summed E-state index contributed by atoms with van der Waals surface area (Å²) >= 11 is 7.55. The lowest BCUT2D eigenvalue weighted by Gasteiger charge is -2.19. The average molecular weight is 233 g/mol. The minimum absolute atomic E-state index is 0.0363. The van der Waals surface area contributed by atoms with Crippen LogP contribution in [0.5, 0.6) is 0 Å². The average Bonchev–Trinajstić information content (AvgIpc) is 2.68. The van der Waals surface area contributed by atoms with Gasteiger partial charge in [0.2, 0.25) is 0 Å². The van der Waals surface area contributed by atoms with Crippen LogP contribution in [0.25, 0.3) is 0 Å². The van der Waals surface area contributed by atoms with Gasteiger partial charge in [-0.15, -0.1) is 21.8 Å². The van der Waals surface area contributed by atoms with Gasteiger partial charge >= 0.3 is 0 Å². The highest BCUT2D eigenvalue weighted by Gasteiger charge is 2.21. The predicted octanol–water partition coefficient (Wildman–Crippen LogP) is 2.73. The van der Waals surface area contributed by atoms with Gasteiger partial charge in [-0.1, -0.05) is 11.3 Å². The molecule has 2 rings (SSSR count). The molecule has 0 aliphatic carbocycles. The molecule has 0 N–H and O–H groups in total. The van der Waals surface area contributed by atoms with Gasteiger partial charge in [0.05, 0.1) is 12.0 Å². The number of hydrogen-bond acceptors (Lipinski definition) is 4. The van der Waals surface area contributed by atoms with E-state index in [1.54, 1.807) is 11.3 Å². The molecule has 3 nitrogen and oxygen atoms in total. The van der Waals surface area contributed by atoms with Crippen LogP contribution in [-0.4, -0.2) is 23.4 Å². The van der Waals surface area contributed by atoms with Gasteiger partial charge in [0.15, 0.2) is 0 Å². The van der Waals surface area contributed by atoms with Crippen LogP contribution in [0.15, 0.2) is 0 Å². The summed E-state index contributed by atoms with van der Waals surface area (Å²) in [6, 6.07) is 0. The zero-order chi connectivity index (χ0) is 9.97. The quantitative estimate of drug-likeness (QED) is 0.736. The molecule has 78 valence electrons. The Hall–Kier alpha value is -0.190. The number of nitrogens with zero attached hydrogens (tertiary/aromatic N) is 2. The number of halogens is 1. The Balaban J connectivity index is 2.07. The molecule has 0 aromatic carbocycles. The van der Waals surface area contributed by atoms with Crippen molar-refractivity contribution in [1.82, 2.24) is 10.2 Å². The number of hydrogen-bond donors (Lipinski definition) is 0. The molecule has 2 atom stereocenters. The third-order valence-corrected chi connectivity index (χ3v) is 3.91. The third-order valence-electron chi connectivity index (χ3n) is 2.31. The fourth-order valence-electron chi connectivity index (χ4n) is 1.51. The maximum atomic E-state index is 5.93. The molecular formula is C9H13ClN2OS. The van der Waals surface area contributed by atoms with Crippen molar-refractivity contribution < 1.29 is 4.74 Å². The summed E-state index contributed by atoms with van der Waals surface area (Å²) in [6.07, 6.45) is 2.28. The van der Waals surface area contributed by atoms with Crippen molar-refractivity contribution in [3.8, 4) is 0 Å². The van der Waals surface area contributed by atoms with Gasteiger partial charge in [0.25, 0.3) is 0 Å². The molecular weight excluding hydrogens is 220 g/mol. The van der Waals surface area contributed by atoms with Crippen molar-refractivity contribution in [3.05, 3.63) is 10.0 Å². The van der Waals surface area contributed by atoms with Crippen LogP contribution in [0.2, 0.25) is 0 Å². The fraction of sp³-hybridized carbons (Fsp3) is 0.778. The Morgan fingerprint density at radius 1 is 1.57 bits per heavy atom. The highest BCUT2D eigenvalue weighted by molar-refractivity contribution is 7.11. The second kappa shape index (κ2) is 4.55. The lowest BCUT2D eigenvalue weighted by atomic mass is 10.0. The summed E-state index contributed by atoms with van der Waals surface area (Å²) in [5.41, 5.74) is 0. The van der Waals surface area contributed by atoms with Crippen LogP contribution in [0.4, 0.5) is 0 Å². The van der Waals surface area contributed by atoms with E-state index in [2.05, 4.69) is 10.2 Å². The van der Waals surface area contributed by atoms with E-state index < -0.39 is 0 Å². The summed E-state index contributed by atoms with van der Waals surface area (Å²) in [4.78, 5) is 0. The summed E-state index contributed by atoms with van der Waals surface area (Å²) in [5.74, 6) is 0.436. The van der Waals surface area contributed by atoms with Crippen LogP contribution in [-0.2, 0) is 4.74 Å². The van der Waals surface area contributed by atoms with Gasteiger partial charge in [0, 0.05) is 12.5 Å². The van der Waals surface area contributed by atoms with E-state index in [1.165, 1.54) is 0 Å². The second-order valence-corrected chi connectivity index (χ2v) is 5.20. The van der Waals surface area contributed by atoms with Crippen LogP contribution in [0, 0.1) is 0 Å². The predicted molar refractivity (Wildman–Crippen MR) is 57.0 cm³/mol. The summed E-state index contributed by atoms with van der Waals surface area (Å²) in [6.45, 7) is 3.59. The first-order valence-corrected chi connectivity index (χ1v) is 6.08. The molecule has 1 aliphatic heterocycles. The molecule has 1 aromatic heterocycles. The second-order valence-electron chi connectivity index (χ2n) is 3.51. The molecule has 0 saturated carbocycles. The molecule has 0 bridgehead atoms. The zero-order valence-corrected chi connectivity index (χ0v) is 9.64. The monoisotopic (exact) mass is 232 g/mol. The first kappa shape index (κ1) is 10.3. The van der Waals surface area contributed by atoms with Crippen molar-refractivity contribution in [2.24, 2.45) is 0 Å². The minimum Gasteiger partial charge on any atom is -0.381 e. The number of ether oxygens (including phenoxy) is 1. The van der Waals surface area contributed by atoms with E-state index in [4.69, 9.17) is 16.3 Å². The molecule has 2 heterocycles. The Morgan fingerprint density at radius 2 is 2.43 bits per heavy atom. The van der Waals surface area contributed by atoms with Gasteiger partial charge in [0.1, 0.15) is 10.0 Å². The first-order valence-electron chi connectivity index (χ1n) is 4.82. The van der Waals surface area contributed by atoms with Gasteiger partial charge in [-0.05, 0) is 19.8 Å². The van der Waals surface area contributed by atoms with Gasteiger partial charge < -0.3 is 4.74 Å². The molecule has 1 saturated heterocycles. The Labute approximate surface area is 92.4 Å². The number of aromatic nitrogens is 2. The standard InChI is InChI=1S/C9H13ClN2OS/c1-6(10)8-11-12-9(14-8)7-3-2-4-13-5-7/h6-7H,2-5H2,1H3. The minimum atomic E-state index is -0.0363. The molecule has 1 aromatic rings. The van der Waals surface area contributed by atoms with Crippen molar-refractivity contribution in [2.75, 3.05) is 13.2 Å². The van der Waals surface area contributed by atoms with Crippen molar-refractivity contribution in [1.29, 1.82) is 0 Å². The molecule has 5 heteroatoms. The fourth-order valence-corrected chi connectivity index (χ4v) is 2.58. The van der Waals surface area contributed by atoms with Crippen molar-refractivity contribution in [3.63, 3.8) is 0 Å². The highest BCUT2D eigenvalue weighted by atomic mass is 35.5. The van der Waals surface area contributed by atoms with E-state index in [0.717, 1.165) is 36.1 Å². The summed E-state index contributed by atoms with van der Waals surface area (Å²) in [5, 5.41) is 10.2. The lowest BCUT2D eigenvalue weighted by Crippen LogP contribution is -2.15. The highest BCUT2D eigenvalue weighted by Crippen LogP contribution is 2.31. The lowest BCUT2D eigenvalue weighted by molar-refractivity contribution is 0.0802. The van der Waals surface area contributed by atoms with E-state index in [0.29, 0.717) is 5.92 Å². The molecule has 2 unspecified atom stereocenters. The van der Waals surface area contributed by atoms with Crippen LogP contribution in [0.1, 0.15) is 41.1 Å². The normalized spacial score (nSPS) is 24.9. The number of rotatable bonds is 2. The molecule has 0 radical (unpaired) electrons. The van der Waals surface area contributed by atoms with E-state index in [-0.39, 0.29) is 5.38 Å². The molecule has 14 heavy (non-hydrogen) atoms. The van der Waals surface area contributed by atoms with E-state index >= 15 is 0 Å². The molecule has 0 spiro atoms. The van der Waals surface area contributed by atoms with E-state index in [1.807, 2.05) is 6.92 Å². The first-order chi connectivity index (χ1) is 6.77. The number of alkyl halides is 1. The van der Waals surface area contributed by atoms with Crippen LogP contribution in [0.3, 0.4) is 0 Å². The smallest absolute Gasteiger partial charge is 0.135 e. The van der Waals surface area contributed by atoms with Gasteiger partial charge in [-0.3, -0.25) is 0 Å². The maximum Gasteiger partial charge on any atom is 0.135 e. The van der Waals surface area contributed by atoms with Gasteiger partial charge in [-0.2, -0.15) is 0 Å². The Kier molecular flexibility index (Phi) is 3.36. The third kappa shape index (κ3) is 2.24. The summed E-state index contributed by atoms with van der Waals surface area (Å²) in [7, 11) is 0. The Bertz CT molecular complexity index is 297. The Morgan fingerprint density at radius 3 is 3.00 bits per heavy atom. The zero-order valence-electron chi connectivity index (χ0n) is 8.07. The van der Waals surface area contributed by atoms with Crippen LogP contribution >= 0.6 is 22.9 Å². The van der Waals surface area contributed by atoms with Crippen LogP contribution < -0.4 is 0 Å². The van der Waals surface area contributed by atoms with Crippen molar-refractivity contribution in [2.45, 2.75) is 31.1 Å².